The van der Waals surface area contributed by atoms with Crippen LogP contribution in [0.3, 0.4) is 0 Å². The monoisotopic (exact) mass is 257 g/mol. The highest BCUT2D eigenvalue weighted by Gasteiger charge is 2.04. The summed E-state index contributed by atoms with van der Waals surface area (Å²) in [6.07, 6.45) is 0. The fraction of sp³-hybridized carbons (Fsp3) is 0.0714. The SMILES string of the molecule is COc1cc(N)cc(NC(=O)Nc2ccccc2)c1. The zero-order chi connectivity index (χ0) is 13.7. The van der Waals surface area contributed by atoms with Gasteiger partial charge in [-0.2, -0.15) is 0 Å². The van der Waals surface area contributed by atoms with E-state index >= 15 is 0 Å². The molecular weight excluding hydrogens is 242 g/mol. The van der Waals surface area contributed by atoms with Crippen molar-refractivity contribution in [3.8, 4) is 5.75 Å². The molecule has 0 unspecified atom stereocenters. The number of amides is 2. The molecule has 4 N–H and O–H groups in total. The van der Waals surface area contributed by atoms with Crippen LogP contribution in [0.5, 0.6) is 5.75 Å². The van der Waals surface area contributed by atoms with Crippen molar-refractivity contribution < 1.29 is 9.53 Å². The quantitative estimate of drug-likeness (QED) is 0.740. The van der Waals surface area contributed by atoms with Crippen LogP contribution < -0.4 is 21.1 Å². The van der Waals surface area contributed by atoms with E-state index in [2.05, 4.69) is 10.6 Å². The Morgan fingerprint density at radius 1 is 1.05 bits per heavy atom. The standard InChI is InChI=1S/C14H15N3O2/c1-19-13-8-10(15)7-12(9-13)17-14(18)16-11-5-3-2-4-6-11/h2-9H,15H2,1H3,(H2,16,17,18). The second-order valence-electron chi connectivity index (χ2n) is 3.94. The summed E-state index contributed by atoms with van der Waals surface area (Å²) < 4.78 is 5.08. The molecular formula is C14H15N3O2. The molecule has 0 bridgehead atoms. The maximum atomic E-state index is 11.8. The molecule has 0 spiro atoms. The summed E-state index contributed by atoms with van der Waals surface area (Å²) >= 11 is 0. The minimum absolute atomic E-state index is 0.334. The first-order chi connectivity index (χ1) is 9.17. The van der Waals surface area contributed by atoms with Crippen molar-refractivity contribution in [3.05, 3.63) is 48.5 Å². The first-order valence-corrected chi connectivity index (χ1v) is 5.75. The summed E-state index contributed by atoms with van der Waals surface area (Å²) in [6, 6.07) is 13.9. The van der Waals surface area contributed by atoms with Crippen LogP contribution in [0.4, 0.5) is 21.9 Å². The number of urea groups is 1. The second-order valence-corrected chi connectivity index (χ2v) is 3.94. The van der Waals surface area contributed by atoms with Gasteiger partial charge in [0.1, 0.15) is 5.75 Å². The summed E-state index contributed by atoms with van der Waals surface area (Å²) in [6.45, 7) is 0. The number of methoxy groups -OCH3 is 1. The normalized spacial score (nSPS) is 9.74. The molecule has 0 aromatic heterocycles. The third kappa shape index (κ3) is 3.64. The molecule has 0 saturated heterocycles. The predicted molar refractivity (Wildman–Crippen MR) is 76.5 cm³/mol. The lowest BCUT2D eigenvalue weighted by atomic mass is 10.2. The summed E-state index contributed by atoms with van der Waals surface area (Å²) in [5, 5.41) is 5.41. The van der Waals surface area contributed by atoms with Crippen molar-refractivity contribution in [2.45, 2.75) is 0 Å². The van der Waals surface area contributed by atoms with Crippen LogP contribution in [0, 0.1) is 0 Å². The number of benzene rings is 2. The Balaban J connectivity index is 2.05. The number of rotatable bonds is 3. The van der Waals surface area contributed by atoms with E-state index in [1.807, 2.05) is 18.2 Å². The van der Waals surface area contributed by atoms with Crippen LogP contribution in [0.2, 0.25) is 0 Å². The molecule has 0 heterocycles. The van der Waals surface area contributed by atoms with Gasteiger partial charge in [0, 0.05) is 29.2 Å². The molecule has 5 heteroatoms. The van der Waals surface area contributed by atoms with Gasteiger partial charge in [0.15, 0.2) is 0 Å². The second kappa shape index (κ2) is 5.77. The lowest BCUT2D eigenvalue weighted by molar-refractivity contribution is 0.262. The number of anilines is 3. The number of carbonyl (C=O) groups excluding carboxylic acids is 1. The first-order valence-electron chi connectivity index (χ1n) is 5.75. The van der Waals surface area contributed by atoms with Crippen LogP contribution in [0.25, 0.3) is 0 Å². The van der Waals surface area contributed by atoms with Gasteiger partial charge in [0.05, 0.1) is 7.11 Å². The van der Waals surface area contributed by atoms with Crippen LogP contribution in [0.15, 0.2) is 48.5 Å². The molecule has 0 fully saturated rings. The highest BCUT2D eigenvalue weighted by atomic mass is 16.5. The fourth-order valence-corrected chi connectivity index (χ4v) is 1.63. The average molecular weight is 257 g/mol. The van der Waals surface area contributed by atoms with Crippen molar-refractivity contribution in [1.29, 1.82) is 0 Å². The number of hydrogen-bond acceptors (Lipinski definition) is 3. The van der Waals surface area contributed by atoms with Crippen molar-refractivity contribution in [3.63, 3.8) is 0 Å². The van der Waals surface area contributed by atoms with Gasteiger partial charge in [-0.25, -0.2) is 4.79 Å². The van der Waals surface area contributed by atoms with Gasteiger partial charge >= 0.3 is 6.03 Å². The largest absolute Gasteiger partial charge is 0.497 e. The van der Waals surface area contributed by atoms with E-state index < -0.39 is 0 Å². The van der Waals surface area contributed by atoms with Gasteiger partial charge in [0.2, 0.25) is 0 Å². The van der Waals surface area contributed by atoms with Crippen LogP contribution >= 0.6 is 0 Å². The van der Waals surface area contributed by atoms with E-state index in [9.17, 15) is 4.79 Å². The maximum Gasteiger partial charge on any atom is 0.323 e. The molecule has 2 aromatic rings. The van der Waals surface area contributed by atoms with Gasteiger partial charge in [-0.05, 0) is 18.2 Å². The van der Waals surface area contributed by atoms with E-state index in [0.29, 0.717) is 17.1 Å². The highest BCUT2D eigenvalue weighted by molar-refractivity contribution is 6.00. The molecule has 0 atom stereocenters. The van der Waals surface area contributed by atoms with Crippen molar-refractivity contribution in [1.82, 2.24) is 0 Å². The Hall–Kier alpha value is -2.69. The van der Waals surface area contributed by atoms with Crippen molar-refractivity contribution >= 4 is 23.1 Å². The van der Waals surface area contributed by atoms with E-state index in [1.165, 1.54) is 0 Å². The Morgan fingerprint density at radius 3 is 2.42 bits per heavy atom. The molecule has 2 rings (SSSR count). The Kier molecular flexibility index (Phi) is 3.87. The molecule has 0 radical (unpaired) electrons. The zero-order valence-corrected chi connectivity index (χ0v) is 10.5. The van der Waals surface area contributed by atoms with Crippen LogP contribution in [-0.4, -0.2) is 13.1 Å². The summed E-state index contributed by atoms with van der Waals surface area (Å²) in [5.74, 6) is 0.593. The number of nitrogens with two attached hydrogens (primary N) is 1. The number of carbonyl (C=O) groups is 1. The maximum absolute atomic E-state index is 11.8. The number of hydrogen-bond donors (Lipinski definition) is 3. The smallest absolute Gasteiger partial charge is 0.323 e. The molecule has 0 aliphatic rings. The Morgan fingerprint density at radius 2 is 1.74 bits per heavy atom. The molecule has 0 saturated carbocycles. The van der Waals surface area contributed by atoms with E-state index in [-0.39, 0.29) is 6.03 Å². The molecule has 19 heavy (non-hydrogen) atoms. The van der Waals surface area contributed by atoms with Gasteiger partial charge in [-0.1, -0.05) is 18.2 Å². The Labute approximate surface area is 111 Å². The molecule has 98 valence electrons. The van der Waals surface area contributed by atoms with Crippen molar-refractivity contribution in [2.24, 2.45) is 0 Å². The van der Waals surface area contributed by atoms with Crippen LogP contribution in [-0.2, 0) is 0 Å². The predicted octanol–water partition coefficient (Wildman–Crippen LogP) is 2.92. The molecule has 2 amide bonds. The number of nitrogens with one attached hydrogen (secondary N) is 2. The Bertz CT molecular complexity index is 570. The minimum Gasteiger partial charge on any atom is -0.497 e. The average Bonchev–Trinajstić information content (AvgIpc) is 2.38. The summed E-state index contributed by atoms with van der Waals surface area (Å²) in [7, 11) is 1.54. The molecule has 0 aliphatic carbocycles. The number of para-hydroxylation sites is 1. The zero-order valence-electron chi connectivity index (χ0n) is 10.5. The van der Waals surface area contributed by atoms with E-state index in [1.54, 1.807) is 37.4 Å². The number of nitrogen functional groups attached to an aromatic ring is 1. The third-order valence-corrected chi connectivity index (χ3v) is 2.45. The van der Waals surface area contributed by atoms with Crippen molar-refractivity contribution in [2.75, 3.05) is 23.5 Å². The van der Waals surface area contributed by atoms with E-state index in [4.69, 9.17) is 10.5 Å². The van der Waals surface area contributed by atoms with Gasteiger partial charge < -0.3 is 21.1 Å². The lowest BCUT2D eigenvalue weighted by Crippen LogP contribution is -2.19. The molecule has 2 aromatic carbocycles. The number of ether oxygens (including phenoxy) is 1. The summed E-state index contributed by atoms with van der Waals surface area (Å²) in [5.41, 5.74) is 7.53. The van der Waals surface area contributed by atoms with E-state index in [0.717, 1.165) is 5.69 Å². The van der Waals surface area contributed by atoms with Gasteiger partial charge in [-0.3, -0.25) is 0 Å². The fourth-order valence-electron chi connectivity index (χ4n) is 1.63. The molecule has 0 aliphatic heterocycles. The van der Waals surface area contributed by atoms with Gasteiger partial charge in [-0.15, -0.1) is 0 Å². The molecule has 5 nitrogen and oxygen atoms in total. The topological polar surface area (TPSA) is 76.4 Å². The van der Waals surface area contributed by atoms with Gasteiger partial charge in [0.25, 0.3) is 0 Å². The minimum atomic E-state index is -0.334. The third-order valence-electron chi connectivity index (χ3n) is 2.45. The first kappa shape index (κ1) is 12.8. The summed E-state index contributed by atoms with van der Waals surface area (Å²) in [4.78, 5) is 11.8. The lowest BCUT2D eigenvalue weighted by Gasteiger charge is -2.09. The van der Waals surface area contributed by atoms with Crippen LogP contribution in [0.1, 0.15) is 0 Å². The highest BCUT2D eigenvalue weighted by Crippen LogP contribution is 2.22.